The molecule has 0 bridgehead atoms. The van der Waals surface area contributed by atoms with Gasteiger partial charge >= 0.3 is 0 Å². The van der Waals surface area contributed by atoms with Crippen LogP contribution in [-0.2, 0) is 0 Å². The minimum Gasteiger partial charge on any atom is -0.398 e. The minimum atomic E-state index is -0.488. The van der Waals surface area contributed by atoms with E-state index in [1.54, 1.807) is 24.3 Å². The summed E-state index contributed by atoms with van der Waals surface area (Å²) in [6.07, 6.45) is 0. The summed E-state index contributed by atoms with van der Waals surface area (Å²) in [6, 6.07) is 6.70. The first-order valence-electron chi connectivity index (χ1n) is 3.31. The molecule has 0 radical (unpaired) electrons. The minimum absolute atomic E-state index is 0.377. The highest BCUT2D eigenvalue weighted by Crippen LogP contribution is 2.08. The Kier molecular flexibility index (Phi) is 4.53. The summed E-state index contributed by atoms with van der Waals surface area (Å²) in [4.78, 5) is 12.6. The molecule has 13 heavy (non-hydrogen) atoms. The average molecular weight is 180 g/mol. The van der Waals surface area contributed by atoms with Gasteiger partial charge in [-0.1, -0.05) is 12.1 Å². The molecular weight excluding hydrogens is 170 g/mol. The number of nitrogens with one attached hydrogen (secondary N) is 2. The third-order valence-electron chi connectivity index (χ3n) is 1.23. The van der Waals surface area contributed by atoms with Crippen LogP contribution in [-0.4, -0.2) is 5.91 Å². The molecule has 0 saturated carbocycles. The van der Waals surface area contributed by atoms with E-state index >= 15 is 0 Å². The van der Waals surface area contributed by atoms with Crippen molar-refractivity contribution in [2.75, 3.05) is 5.73 Å². The lowest BCUT2D eigenvalue weighted by atomic mass is 10.2. The van der Waals surface area contributed by atoms with Crippen molar-refractivity contribution in [2.45, 2.75) is 0 Å². The van der Waals surface area contributed by atoms with Crippen LogP contribution in [0.15, 0.2) is 24.3 Å². The second-order valence-corrected chi connectivity index (χ2v) is 2.06. The highest BCUT2D eigenvalue weighted by Gasteiger charge is 2.01. The normalized spacial score (nSPS) is 7.69. The topological polar surface area (TPSA) is 131 Å². The highest BCUT2D eigenvalue weighted by atomic mass is 16.1. The molecule has 0 aliphatic rings. The Morgan fingerprint density at radius 1 is 1.31 bits per heavy atom. The number of hydrogen-bond acceptors (Lipinski definition) is 4. The van der Waals surface area contributed by atoms with Crippen molar-refractivity contribution < 1.29 is 4.79 Å². The van der Waals surface area contributed by atoms with Gasteiger partial charge in [0.2, 0.25) is 4.91 Å². The molecule has 6 N–H and O–H groups in total. The van der Waals surface area contributed by atoms with Crippen molar-refractivity contribution in [3.8, 4) is 0 Å². The molecule has 1 aromatic carbocycles. The number of amides is 1. The van der Waals surface area contributed by atoms with E-state index in [1.165, 1.54) is 0 Å². The predicted octanol–water partition coefficient (Wildman–Crippen LogP) is 0.483. The van der Waals surface area contributed by atoms with Gasteiger partial charge in [-0.3, -0.25) is 4.79 Å². The molecule has 6 nitrogen and oxygen atoms in total. The molecule has 6 heteroatoms. The number of carbonyl (C=O) groups excluding carboxylic acids is 1. The molecule has 0 aliphatic heterocycles. The van der Waals surface area contributed by atoms with E-state index in [2.05, 4.69) is 0 Å². The van der Waals surface area contributed by atoms with Crippen LogP contribution in [0.1, 0.15) is 10.4 Å². The molecule has 68 valence electrons. The van der Waals surface area contributed by atoms with Crippen LogP contribution in [0.4, 0.5) is 5.69 Å². The molecule has 1 aromatic rings. The molecule has 0 spiro atoms. The Bertz CT molecular complexity index is 329. The second-order valence-electron chi connectivity index (χ2n) is 2.06. The quantitative estimate of drug-likeness (QED) is 0.284. The maximum absolute atomic E-state index is 10.6. The van der Waals surface area contributed by atoms with Crippen molar-refractivity contribution >= 4 is 11.6 Å². The summed E-state index contributed by atoms with van der Waals surface area (Å²) < 4.78 is 0. The van der Waals surface area contributed by atoms with Gasteiger partial charge in [0, 0.05) is 5.69 Å². The Hall–Kier alpha value is -2.20. The van der Waals surface area contributed by atoms with Crippen molar-refractivity contribution in [2.24, 2.45) is 5.73 Å². The Morgan fingerprint density at radius 3 is 2.08 bits per heavy atom. The Labute approximate surface area is 74.6 Å². The SMILES string of the molecule is N=[N+]=N.NC(=O)c1ccccc1N. The van der Waals surface area contributed by atoms with Crippen molar-refractivity contribution in [3.63, 3.8) is 0 Å². The number of rotatable bonds is 1. The molecule has 0 atom stereocenters. The summed E-state index contributed by atoms with van der Waals surface area (Å²) >= 11 is 0. The largest absolute Gasteiger partial charge is 0.398 e. The van der Waals surface area contributed by atoms with E-state index in [9.17, 15) is 4.79 Å². The smallest absolute Gasteiger partial charge is 0.250 e. The first kappa shape index (κ1) is 10.8. The summed E-state index contributed by atoms with van der Waals surface area (Å²) in [7, 11) is 0. The van der Waals surface area contributed by atoms with Crippen LogP contribution in [0.25, 0.3) is 0 Å². The third-order valence-corrected chi connectivity index (χ3v) is 1.23. The zero-order valence-electron chi connectivity index (χ0n) is 6.82. The van der Waals surface area contributed by atoms with Gasteiger partial charge in [-0.05, 0) is 12.1 Å². The lowest BCUT2D eigenvalue weighted by Gasteiger charge is -1.97. The standard InChI is InChI=1S/C7H8N2O.H2N3/c8-6-4-2-1-3-5(6)7(9)10;1-3-2/h1-4H,8H2,(H2,9,10);1-2H/q;+1. The van der Waals surface area contributed by atoms with Gasteiger partial charge in [0.15, 0.2) is 0 Å². The molecule has 0 aromatic heterocycles. The molecule has 1 amide bonds. The molecule has 0 fully saturated rings. The van der Waals surface area contributed by atoms with Gasteiger partial charge in [0.1, 0.15) is 11.1 Å². The van der Waals surface area contributed by atoms with E-state index < -0.39 is 5.91 Å². The number of carbonyl (C=O) groups is 1. The van der Waals surface area contributed by atoms with Gasteiger partial charge in [0.25, 0.3) is 5.91 Å². The molecule has 0 aliphatic carbocycles. The van der Waals surface area contributed by atoms with Gasteiger partial charge in [-0.2, -0.15) is 0 Å². The van der Waals surface area contributed by atoms with Gasteiger partial charge in [-0.25, -0.2) is 0 Å². The third kappa shape index (κ3) is 3.64. The summed E-state index contributed by atoms with van der Waals surface area (Å²) in [5.74, 6) is -0.488. The number of nitrogens with zero attached hydrogens (tertiary/aromatic N) is 1. The highest BCUT2D eigenvalue weighted by molar-refractivity contribution is 5.97. The number of nitrogen functional groups attached to an aromatic ring is 1. The molecular formula is C7H10N5O+. The van der Waals surface area contributed by atoms with E-state index in [1.807, 2.05) is 4.91 Å². The first-order chi connectivity index (χ1) is 6.13. The fourth-order valence-electron chi connectivity index (χ4n) is 0.721. The Morgan fingerprint density at radius 2 is 1.77 bits per heavy atom. The van der Waals surface area contributed by atoms with E-state index in [0.717, 1.165) is 0 Å². The van der Waals surface area contributed by atoms with Crippen LogP contribution in [0.2, 0.25) is 0 Å². The maximum Gasteiger partial charge on any atom is 0.250 e. The zero-order valence-corrected chi connectivity index (χ0v) is 6.82. The van der Waals surface area contributed by atoms with Gasteiger partial charge in [-0.15, -0.1) is 0 Å². The molecule has 1 rings (SSSR count). The molecule has 0 heterocycles. The second kappa shape index (κ2) is 5.45. The summed E-state index contributed by atoms with van der Waals surface area (Å²) in [6.45, 7) is 0. The van der Waals surface area contributed by atoms with Crippen LogP contribution in [0, 0.1) is 11.1 Å². The van der Waals surface area contributed by atoms with Gasteiger partial charge in [0.05, 0.1) is 5.56 Å². The first-order valence-corrected chi connectivity index (χ1v) is 3.31. The van der Waals surface area contributed by atoms with Crippen molar-refractivity contribution in [1.82, 2.24) is 4.91 Å². The lowest BCUT2D eigenvalue weighted by Crippen LogP contribution is -2.12. The number of nitrogens with two attached hydrogens (primary N) is 2. The number of primary amides is 1. The van der Waals surface area contributed by atoms with Crippen molar-refractivity contribution in [1.29, 1.82) is 11.1 Å². The summed E-state index contributed by atoms with van der Waals surface area (Å²) in [5, 5.41) is 0. The number of anilines is 1. The predicted molar refractivity (Wildman–Crippen MR) is 46.9 cm³/mol. The van der Waals surface area contributed by atoms with Gasteiger partial charge < -0.3 is 11.5 Å². The maximum atomic E-state index is 10.6. The van der Waals surface area contributed by atoms with E-state index in [4.69, 9.17) is 22.5 Å². The van der Waals surface area contributed by atoms with Crippen LogP contribution < -0.4 is 16.4 Å². The van der Waals surface area contributed by atoms with Crippen LogP contribution in [0.3, 0.4) is 0 Å². The fraction of sp³-hybridized carbons (Fsp3) is 0. The number of para-hydroxylation sites is 1. The number of hydrogen-bond donors (Lipinski definition) is 4. The monoisotopic (exact) mass is 180 g/mol. The molecule has 0 saturated heterocycles. The molecule has 0 unspecified atom stereocenters. The average Bonchev–Trinajstić information content (AvgIpc) is 2.06. The van der Waals surface area contributed by atoms with Crippen LogP contribution in [0.5, 0.6) is 0 Å². The van der Waals surface area contributed by atoms with E-state index in [0.29, 0.717) is 11.3 Å². The van der Waals surface area contributed by atoms with Crippen molar-refractivity contribution in [3.05, 3.63) is 29.8 Å². The van der Waals surface area contributed by atoms with E-state index in [-0.39, 0.29) is 0 Å². The zero-order chi connectivity index (χ0) is 10.3. The summed E-state index contributed by atoms with van der Waals surface area (Å²) in [5.41, 5.74) is 22.2. The fourth-order valence-corrected chi connectivity index (χ4v) is 0.721. The Balaban J connectivity index is 0.000000424. The lowest BCUT2D eigenvalue weighted by molar-refractivity contribution is 0.100. The number of benzene rings is 1. The van der Waals surface area contributed by atoms with Crippen LogP contribution >= 0.6 is 0 Å².